The SMILES string of the molecule is Cn1c(=O)n(C2CCC(=O)NC2=O)c2cccc(OC3CCN(C4CCC(N=Cc5cc(NC(=O)c6cccc(C(F)(F)F)n6)ccc5N)CC4)CC3(F)F)c21. The van der Waals surface area contributed by atoms with E-state index in [2.05, 4.69) is 20.6 Å². The van der Waals surface area contributed by atoms with Crippen LogP contribution in [0.4, 0.5) is 33.3 Å². The Morgan fingerprint density at radius 3 is 2.50 bits per heavy atom. The van der Waals surface area contributed by atoms with E-state index in [1.165, 1.54) is 34.4 Å². The third kappa shape index (κ3) is 7.87. The summed E-state index contributed by atoms with van der Waals surface area (Å²) in [4.78, 5) is 60.1. The Morgan fingerprint density at radius 2 is 1.79 bits per heavy atom. The van der Waals surface area contributed by atoms with E-state index < -0.39 is 65.6 Å². The second-order valence-corrected chi connectivity index (χ2v) is 14.4. The van der Waals surface area contributed by atoms with Crippen molar-refractivity contribution in [1.82, 2.24) is 24.3 Å². The van der Waals surface area contributed by atoms with E-state index in [1.807, 2.05) is 0 Å². The zero-order chi connectivity index (χ0) is 39.9. The molecule has 2 aromatic heterocycles. The molecule has 18 heteroatoms. The molecule has 2 aliphatic heterocycles. The van der Waals surface area contributed by atoms with Crippen molar-refractivity contribution < 1.29 is 41.1 Å². The molecular weight excluding hydrogens is 743 g/mol. The molecule has 3 amide bonds. The Balaban J connectivity index is 0.952. The number of piperidine rings is 2. The summed E-state index contributed by atoms with van der Waals surface area (Å²) in [5, 5.41) is 4.79. The number of carbonyl (C=O) groups excluding carboxylic acids is 3. The largest absolute Gasteiger partial charge is 0.482 e. The first-order chi connectivity index (χ1) is 26.6. The van der Waals surface area contributed by atoms with Crippen LogP contribution in [0.5, 0.6) is 5.75 Å². The number of nitrogen functional groups attached to an aromatic ring is 1. The van der Waals surface area contributed by atoms with E-state index in [-0.39, 0.29) is 48.3 Å². The Kier molecular flexibility index (Phi) is 10.4. The number of rotatable bonds is 8. The molecular formula is C38H39F5N8O5. The van der Waals surface area contributed by atoms with Gasteiger partial charge in [-0.2, -0.15) is 13.2 Å². The Bertz CT molecular complexity index is 2260. The van der Waals surface area contributed by atoms with Gasteiger partial charge in [0, 0.05) is 55.6 Å². The minimum Gasteiger partial charge on any atom is -0.482 e. The van der Waals surface area contributed by atoms with Crippen LogP contribution in [0, 0.1) is 0 Å². The summed E-state index contributed by atoms with van der Waals surface area (Å²) in [5.74, 6) is -4.95. The van der Waals surface area contributed by atoms with Crippen LogP contribution in [-0.4, -0.2) is 80.2 Å². The molecule has 0 spiro atoms. The fourth-order valence-corrected chi connectivity index (χ4v) is 7.72. The number of imidazole rings is 1. The molecule has 1 aliphatic carbocycles. The monoisotopic (exact) mass is 782 g/mol. The van der Waals surface area contributed by atoms with E-state index in [0.717, 1.165) is 12.1 Å². The van der Waals surface area contributed by atoms with Gasteiger partial charge < -0.3 is 15.8 Å². The number of pyridine rings is 1. The van der Waals surface area contributed by atoms with Crippen molar-refractivity contribution in [3.8, 4) is 5.75 Å². The summed E-state index contributed by atoms with van der Waals surface area (Å²) in [6.07, 6.45) is -1.78. The average Bonchev–Trinajstić information content (AvgIpc) is 3.41. The number of amides is 3. The molecule has 3 fully saturated rings. The summed E-state index contributed by atoms with van der Waals surface area (Å²) in [5.41, 5.74) is 5.80. The molecule has 2 unspecified atom stereocenters. The lowest BCUT2D eigenvalue weighted by molar-refractivity contribution is -0.147. The van der Waals surface area contributed by atoms with E-state index in [9.17, 15) is 32.3 Å². The highest BCUT2D eigenvalue weighted by atomic mass is 19.4. The predicted octanol–water partition coefficient (Wildman–Crippen LogP) is 5.08. The Hall–Kier alpha value is -5.65. The molecule has 3 aliphatic rings. The highest BCUT2D eigenvalue weighted by Gasteiger charge is 2.48. The first-order valence-electron chi connectivity index (χ1n) is 18.2. The number of aryl methyl sites for hydroxylation is 1. The number of nitrogens with two attached hydrogens (primary N) is 1. The molecule has 296 valence electrons. The number of aromatic nitrogens is 3. The van der Waals surface area contributed by atoms with E-state index in [0.29, 0.717) is 49.0 Å². The van der Waals surface area contributed by atoms with Gasteiger partial charge in [-0.3, -0.25) is 38.7 Å². The van der Waals surface area contributed by atoms with Crippen molar-refractivity contribution in [1.29, 1.82) is 0 Å². The number of nitrogens with one attached hydrogen (secondary N) is 2. The van der Waals surface area contributed by atoms with E-state index >= 15 is 8.78 Å². The van der Waals surface area contributed by atoms with Crippen LogP contribution in [0.15, 0.2) is 64.4 Å². The van der Waals surface area contributed by atoms with Gasteiger partial charge in [-0.05, 0) is 74.6 Å². The molecule has 2 saturated heterocycles. The molecule has 4 aromatic rings. The van der Waals surface area contributed by atoms with Gasteiger partial charge in [-0.25, -0.2) is 18.6 Å². The minimum absolute atomic E-state index is 0.0409. The van der Waals surface area contributed by atoms with Gasteiger partial charge >= 0.3 is 11.9 Å². The molecule has 7 rings (SSSR count). The first-order valence-corrected chi connectivity index (χ1v) is 18.2. The number of likely N-dealkylation sites (tertiary alicyclic amines) is 1. The molecule has 4 N–H and O–H groups in total. The number of ether oxygens (including phenoxy) is 1. The van der Waals surface area contributed by atoms with E-state index in [1.54, 1.807) is 35.4 Å². The lowest BCUT2D eigenvalue weighted by Gasteiger charge is -2.43. The number of fused-ring (bicyclic) bond motifs is 1. The van der Waals surface area contributed by atoms with Gasteiger partial charge in [0.1, 0.15) is 28.7 Å². The number of hydrogen-bond acceptors (Lipinski definition) is 9. The van der Waals surface area contributed by atoms with Gasteiger partial charge in [0.25, 0.3) is 11.8 Å². The number of para-hydroxylation sites is 1. The second-order valence-electron chi connectivity index (χ2n) is 14.4. The number of nitrogens with zero attached hydrogens (tertiary/aromatic N) is 5. The first kappa shape index (κ1) is 38.6. The third-order valence-corrected chi connectivity index (χ3v) is 10.6. The molecule has 4 heterocycles. The zero-order valence-corrected chi connectivity index (χ0v) is 30.2. The van der Waals surface area contributed by atoms with Gasteiger partial charge in [0.2, 0.25) is 11.8 Å². The number of hydrogen-bond donors (Lipinski definition) is 3. The van der Waals surface area contributed by atoms with Gasteiger partial charge in [0.15, 0.2) is 6.10 Å². The maximum absolute atomic E-state index is 15.8. The van der Waals surface area contributed by atoms with Crippen molar-refractivity contribution >= 4 is 46.3 Å². The number of aliphatic imine (C=N–C) groups is 1. The van der Waals surface area contributed by atoms with Crippen LogP contribution in [0.1, 0.15) is 72.7 Å². The van der Waals surface area contributed by atoms with Crippen LogP contribution < -0.4 is 26.8 Å². The highest BCUT2D eigenvalue weighted by molar-refractivity contribution is 6.04. The molecule has 56 heavy (non-hydrogen) atoms. The molecule has 0 bridgehead atoms. The maximum Gasteiger partial charge on any atom is 0.433 e. The summed E-state index contributed by atoms with van der Waals surface area (Å²) in [6.45, 7) is -0.135. The van der Waals surface area contributed by atoms with Crippen LogP contribution in [0.3, 0.4) is 0 Å². The van der Waals surface area contributed by atoms with Crippen LogP contribution in [-0.2, 0) is 22.8 Å². The normalized spacial score (nSPS) is 23.3. The van der Waals surface area contributed by atoms with Crippen molar-refractivity contribution in [3.63, 3.8) is 0 Å². The Morgan fingerprint density at radius 1 is 1.04 bits per heavy atom. The maximum atomic E-state index is 15.8. The van der Waals surface area contributed by atoms with Gasteiger partial charge in [-0.15, -0.1) is 0 Å². The second kappa shape index (κ2) is 15.1. The lowest BCUT2D eigenvalue weighted by Crippen LogP contribution is -2.57. The molecule has 13 nitrogen and oxygen atoms in total. The van der Waals surface area contributed by atoms with Gasteiger partial charge in [-0.1, -0.05) is 12.1 Å². The molecule has 1 saturated carbocycles. The predicted molar refractivity (Wildman–Crippen MR) is 196 cm³/mol. The van der Waals surface area contributed by atoms with Crippen molar-refractivity contribution in [2.75, 3.05) is 24.1 Å². The smallest absolute Gasteiger partial charge is 0.433 e. The average molecular weight is 783 g/mol. The number of anilines is 2. The van der Waals surface area contributed by atoms with Crippen LogP contribution in [0.25, 0.3) is 11.0 Å². The summed E-state index contributed by atoms with van der Waals surface area (Å²) in [6, 6.07) is 11.3. The zero-order valence-electron chi connectivity index (χ0n) is 30.2. The van der Waals surface area contributed by atoms with Crippen molar-refractivity contribution in [2.24, 2.45) is 12.0 Å². The number of carbonyl (C=O) groups is 3. The fraction of sp³-hybridized carbons (Fsp3) is 0.421. The summed E-state index contributed by atoms with van der Waals surface area (Å²) in [7, 11) is 1.48. The van der Waals surface area contributed by atoms with Crippen molar-refractivity contribution in [2.45, 2.75) is 81.3 Å². The molecule has 2 atom stereocenters. The molecule has 0 radical (unpaired) electrons. The van der Waals surface area contributed by atoms with Crippen LogP contribution in [0.2, 0.25) is 0 Å². The third-order valence-electron chi connectivity index (χ3n) is 10.6. The summed E-state index contributed by atoms with van der Waals surface area (Å²) < 4.78 is 79.3. The topological polar surface area (TPSA) is 166 Å². The summed E-state index contributed by atoms with van der Waals surface area (Å²) >= 11 is 0. The number of halogens is 5. The fourth-order valence-electron chi connectivity index (χ4n) is 7.72. The van der Waals surface area contributed by atoms with Crippen LogP contribution >= 0.6 is 0 Å². The molecule has 2 aromatic carbocycles. The van der Waals surface area contributed by atoms with Crippen molar-refractivity contribution in [3.05, 3.63) is 82.0 Å². The standard InChI is InChI=1S/C38H39F5N8O5/c1-49-33-27(51(36(49)55)28-14-15-32(52)48-35(28)54)5-3-6-29(33)56-31-16-17-50(20-37(31,39)40)24-11-8-22(9-12-24)45-19-21-18-23(10-13-25(21)44)46-34(53)26-4-2-7-30(47-26)38(41,42)43/h2-7,10,13,18-19,22,24,28,31H,8-9,11-12,14-17,20,44H2,1H3,(H,46,53)(H,48,52,54). The number of imide groups is 1. The quantitative estimate of drug-likeness (QED) is 0.0964. The number of alkyl halides is 5. The number of benzene rings is 2. The minimum atomic E-state index is -4.70. The lowest BCUT2D eigenvalue weighted by atomic mass is 9.88. The Labute approximate surface area is 316 Å². The van der Waals surface area contributed by atoms with Gasteiger partial charge in [0.05, 0.1) is 18.1 Å². The highest BCUT2D eigenvalue weighted by Crippen LogP contribution is 2.37. The van der Waals surface area contributed by atoms with E-state index in [4.69, 9.17) is 10.5 Å².